The van der Waals surface area contributed by atoms with E-state index in [-0.39, 0.29) is 30.3 Å². The second kappa shape index (κ2) is 7.81. The van der Waals surface area contributed by atoms with E-state index in [2.05, 4.69) is 10.3 Å². The molecule has 2 atom stereocenters. The molecule has 1 aliphatic carbocycles. The summed E-state index contributed by atoms with van der Waals surface area (Å²) in [5, 5.41) is 3.05. The molecule has 1 saturated carbocycles. The number of amides is 1. The minimum Gasteiger partial charge on any atom is -0.444 e. The highest BCUT2D eigenvalue weighted by molar-refractivity contribution is 5.94. The van der Waals surface area contributed by atoms with Crippen molar-refractivity contribution in [3.05, 3.63) is 35.7 Å². The number of rotatable bonds is 3. The molecule has 6 heteroatoms. The first-order chi connectivity index (χ1) is 11.0. The van der Waals surface area contributed by atoms with Gasteiger partial charge in [-0.05, 0) is 50.8 Å². The maximum atomic E-state index is 12.5. The summed E-state index contributed by atoms with van der Waals surface area (Å²) in [6.07, 6.45) is 5.34. The summed E-state index contributed by atoms with van der Waals surface area (Å²) in [6.45, 7) is 3.86. The molecule has 0 bridgehead atoms. The van der Waals surface area contributed by atoms with Crippen molar-refractivity contribution >= 4 is 24.0 Å². The molecule has 0 spiro atoms. The lowest BCUT2D eigenvalue weighted by atomic mass is 9.85. The van der Waals surface area contributed by atoms with Gasteiger partial charge in [0.15, 0.2) is 0 Å². The topological polar surface area (TPSA) is 81.2 Å². The van der Waals surface area contributed by atoms with Gasteiger partial charge in [0, 0.05) is 23.2 Å². The number of carbonyl (C=O) groups excluding carboxylic acids is 1. The molecule has 0 aliphatic heterocycles. The first-order valence-electron chi connectivity index (χ1n) is 8.12. The zero-order valence-electron chi connectivity index (χ0n) is 14.0. The van der Waals surface area contributed by atoms with Gasteiger partial charge >= 0.3 is 0 Å². The Labute approximate surface area is 148 Å². The Hall–Kier alpha value is -1.85. The predicted molar refractivity (Wildman–Crippen MR) is 97.2 cm³/mol. The van der Waals surface area contributed by atoms with Crippen LogP contribution in [-0.4, -0.2) is 16.9 Å². The standard InChI is InChI=1S/C18H23N3O2.ClH/c1-11-6-7-14(18-20-12(2)10-23-18)9-16(11)21-17(22)13-4-3-5-15(19)8-13;/h6-7,9-10,13,15H,3-5,8,19H2,1-2H3,(H,21,22);1H. The van der Waals surface area contributed by atoms with Crippen LogP contribution in [0.25, 0.3) is 11.5 Å². The molecular formula is C18H24ClN3O2. The van der Waals surface area contributed by atoms with Crippen LogP contribution in [0.1, 0.15) is 36.9 Å². The van der Waals surface area contributed by atoms with Crippen LogP contribution in [0.3, 0.4) is 0 Å². The molecule has 1 aromatic carbocycles. The van der Waals surface area contributed by atoms with E-state index in [0.717, 1.165) is 48.2 Å². The van der Waals surface area contributed by atoms with Gasteiger partial charge in [0.05, 0.1) is 5.69 Å². The van der Waals surface area contributed by atoms with E-state index in [1.54, 1.807) is 6.26 Å². The molecular weight excluding hydrogens is 326 g/mol. The van der Waals surface area contributed by atoms with E-state index in [9.17, 15) is 4.79 Å². The number of aryl methyl sites for hydroxylation is 2. The molecule has 1 aliphatic rings. The van der Waals surface area contributed by atoms with E-state index >= 15 is 0 Å². The van der Waals surface area contributed by atoms with Crippen molar-refractivity contribution < 1.29 is 9.21 Å². The van der Waals surface area contributed by atoms with Gasteiger partial charge in [0.25, 0.3) is 0 Å². The van der Waals surface area contributed by atoms with Crippen LogP contribution < -0.4 is 11.1 Å². The van der Waals surface area contributed by atoms with Gasteiger partial charge in [-0.1, -0.05) is 12.5 Å². The van der Waals surface area contributed by atoms with Crippen LogP contribution in [0, 0.1) is 19.8 Å². The minimum absolute atomic E-state index is 0. The van der Waals surface area contributed by atoms with Crippen molar-refractivity contribution in [3.63, 3.8) is 0 Å². The second-order valence-electron chi connectivity index (χ2n) is 6.44. The van der Waals surface area contributed by atoms with Crippen LogP contribution in [0.4, 0.5) is 5.69 Å². The molecule has 130 valence electrons. The van der Waals surface area contributed by atoms with E-state index in [1.165, 1.54) is 0 Å². The van der Waals surface area contributed by atoms with Gasteiger partial charge in [-0.25, -0.2) is 4.98 Å². The fourth-order valence-corrected chi connectivity index (χ4v) is 3.08. The van der Waals surface area contributed by atoms with Crippen molar-refractivity contribution in [2.45, 2.75) is 45.6 Å². The number of carbonyl (C=O) groups is 1. The highest BCUT2D eigenvalue weighted by atomic mass is 35.5. The lowest BCUT2D eigenvalue weighted by molar-refractivity contribution is -0.120. The molecule has 3 N–H and O–H groups in total. The van der Waals surface area contributed by atoms with Crippen molar-refractivity contribution in [1.82, 2.24) is 4.98 Å². The van der Waals surface area contributed by atoms with Gasteiger partial charge in [0.2, 0.25) is 11.8 Å². The lowest BCUT2D eigenvalue weighted by Crippen LogP contribution is -2.34. The maximum absolute atomic E-state index is 12.5. The second-order valence-corrected chi connectivity index (χ2v) is 6.44. The number of aromatic nitrogens is 1. The molecule has 24 heavy (non-hydrogen) atoms. The monoisotopic (exact) mass is 349 g/mol. The molecule has 1 aromatic heterocycles. The van der Waals surface area contributed by atoms with Gasteiger partial charge in [0.1, 0.15) is 6.26 Å². The van der Waals surface area contributed by atoms with Crippen LogP contribution in [-0.2, 0) is 4.79 Å². The summed E-state index contributed by atoms with van der Waals surface area (Å²) < 4.78 is 5.44. The van der Waals surface area contributed by atoms with E-state index in [1.807, 2.05) is 32.0 Å². The number of nitrogens with two attached hydrogens (primary N) is 1. The number of nitrogens with zero attached hydrogens (tertiary/aromatic N) is 1. The number of oxazole rings is 1. The zero-order valence-corrected chi connectivity index (χ0v) is 14.9. The summed E-state index contributed by atoms with van der Waals surface area (Å²) in [5.74, 6) is 0.632. The molecule has 2 unspecified atom stereocenters. The lowest BCUT2D eigenvalue weighted by Gasteiger charge is -2.26. The Bertz CT molecular complexity index is 714. The van der Waals surface area contributed by atoms with Gasteiger partial charge in [-0.3, -0.25) is 4.79 Å². The molecule has 2 aromatic rings. The van der Waals surface area contributed by atoms with Crippen LogP contribution in [0.2, 0.25) is 0 Å². The number of anilines is 1. The quantitative estimate of drug-likeness (QED) is 0.882. The largest absolute Gasteiger partial charge is 0.444 e. The highest BCUT2D eigenvalue weighted by Crippen LogP contribution is 2.28. The number of benzene rings is 1. The van der Waals surface area contributed by atoms with Crippen LogP contribution >= 0.6 is 12.4 Å². The number of hydrogen-bond donors (Lipinski definition) is 2. The Balaban J connectivity index is 0.00000208. The normalized spacial score (nSPS) is 20.3. The fourth-order valence-electron chi connectivity index (χ4n) is 3.08. The van der Waals surface area contributed by atoms with Crippen molar-refractivity contribution in [1.29, 1.82) is 0 Å². The third-order valence-electron chi connectivity index (χ3n) is 4.45. The highest BCUT2D eigenvalue weighted by Gasteiger charge is 2.25. The summed E-state index contributed by atoms with van der Waals surface area (Å²) in [6, 6.07) is 5.98. The summed E-state index contributed by atoms with van der Waals surface area (Å²) >= 11 is 0. The Morgan fingerprint density at radius 1 is 1.33 bits per heavy atom. The molecule has 0 saturated heterocycles. The number of nitrogens with one attached hydrogen (secondary N) is 1. The predicted octanol–water partition coefficient (Wildman–Crippen LogP) is 3.84. The average Bonchev–Trinajstić information content (AvgIpc) is 2.96. The molecule has 0 radical (unpaired) electrons. The van der Waals surface area contributed by atoms with Crippen LogP contribution in [0.5, 0.6) is 0 Å². The first kappa shape index (κ1) is 18.5. The van der Waals surface area contributed by atoms with Gasteiger partial charge < -0.3 is 15.5 Å². The molecule has 5 nitrogen and oxygen atoms in total. The fraction of sp³-hybridized carbons (Fsp3) is 0.444. The molecule has 1 fully saturated rings. The number of hydrogen-bond acceptors (Lipinski definition) is 4. The summed E-state index contributed by atoms with van der Waals surface area (Å²) in [7, 11) is 0. The van der Waals surface area contributed by atoms with Crippen molar-refractivity contribution in [2.24, 2.45) is 11.7 Å². The van der Waals surface area contributed by atoms with E-state index in [4.69, 9.17) is 10.2 Å². The minimum atomic E-state index is 0. The van der Waals surface area contributed by atoms with E-state index in [0.29, 0.717) is 5.89 Å². The van der Waals surface area contributed by atoms with Crippen molar-refractivity contribution in [2.75, 3.05) is 5.32 Å². The third-order valence-corrected chi connectivity index (χ3v) is 4.45. The van der Waals surface area contributed by atoms with Gasteiger partial charge in [-0.2, -0.15) is 0 Å². The first-order valence-corrected chi connectivity index (χ1v) is 8.12. The zero-order chi connectivity index (χ0) is 16.4. The molecule has 3 rings (SSSR count). The third kappa shape index (κ3) is 4.16. The maximum Gasteiger partial charge on any atom is 0.227 e. The Kier molecular flexibility index (Phi) is 6.02. The smallest absolute Gasteiger partial charge is 0.227 e. The van der Waals surface area contributed by atoms with Crippen molar-refractivity contribution in [3.8, 4) is 11.5 Å². The average molecular weight is 350 g/mol. The summed E-state index contributed by atoms with van der Waals surface area (Å²) in [5.41, 5.74) is 9.51. The van der Waals surface area contributed by atoms with Crippen LogP contribution in [0.15, 0.2) is 28.9 Å². The van der Waals surface area contributed by atoms with E-state index < -0.39 is 0 Å². The Morgan fingerprint density at radius 3 is 2.79 bits per heavy atom. The molecule has 1 amide bonds. The SMILES string of the molecule is Cc1coc(-c2ccc(C)c(NC(=O)C3CCCC(N)C3)c2)n1.Cl. The number of halogens is 1. The Morgan fingerprint density at radius 2 is 2.12 bits per heavy atom. The van der Waals surface area contributed by atoms with Gasteiger partial charge in [-0.15, -0.1) is 12.4 Å². The summed E-state index contributed by atoms with van der Waals surface area (Å²) in [4.78, 5) is 16.8. The molecule has 1 heterocycles.